The van der Waals surface area contributed by atoms with Crippen LogP contribution in [0.1, 0.15) is 55.4 Å². The molecule has 12 nitrogen and oxygen atoms in total. The first-order chi connectivity index (χ1) is 40.1. The maximum absolute atomic E-state index is 14.6. The van der Waals surface area contributed by atoms with Crippen LogP contribution < -0.4 is 0 Å². The molecule has 6 aromatic carbocycles. The highest BCUT2D eigenvalue weighted by molar-refractivity contribution is 9.10. The minimum absolute atomic E-state index is 0.0764. The van der Waals surface area contributed by atoms with Crippen molar-refractivity contribution >= 4 is 45.9 Å². The van der Waals surface area contributed by atoms with E-state index < -0.39 is 25.7 Å². The van der Waals surface area contributed by atoms with Gasteiger partial charge in [0.1, 0.15) is 23.3 Å². The van der Waals surface area contributed by atoms with E-state index in [0.717, 1.165) is 27.8 Å². The molecule has 2 aliphatic rings. The Morgan fingerprint density at radius 3 is 0.940 bits per heavy atom. The second-order valence-corrected chi connectivity index (χ2v) is 23.0. The molecular weight excluding hydrogens is 1200 g/mol. The molecule has 0 N–H and O–H groups in total. The van der Waals surface area contributed by atoms with E-state index in [9.17, 15) is 17.6 Å². The summed E-state index contributed by atoms with van der Waals surface area (Å²) in [5.74, 6) is 1.30. The molecule has 0 amide bonds. The van der Waals surface area contributed by atoms with E-state index in [2.05, 4.69) is 71.7 Å². The maximum Gasteiger partial charge on any atom is 0.488 e. The normalized spacial score (nSPS) is 15.2. The minimum atomic E-state index is -0.554. The molecule has 0 aliphatic carbocycles. The van der Waals surface area contributed by atoms with Crippen molar-refractivity contribution in [1.82, 2.24) is 39.9 Å². The van der Waals surface area contributed by atoms with Gasteiger partial charge in [-0.15, -0.1) is 0 Å². The van der Waals surface area contributed by atoms with Gasteiger partial charge >= 0.3 is 14.0 Å². The van der Waals surface area contributed by atoms with E-state index >= 15 is 0 Å². The zero-order valence-electron chi connectivity index (χ0n) is 47.1. The van der Waals surface area contributed by atoms with Gasteiger partial charge in [-0.1, -0.05) is 121 Å². The predicted molar refractivity (Wildman–Crippen MR) is 327 cm³/mol. The lowest BCUT2D eigenvalue weighted by atomic mass is 9.49. The van der Waals surface area contributed by atoms with E-state index in [1.807, 2.05) is 177 Å². The van der Waals surface area contributed by atoms with Gasteiger partial charge in [0.15, 0.2) is 34.9 Å². The molecule has 6 heterocycles. The van der Waals surface area contributed by atoms with Crippen molar-refractivity contribution in [1.29, 1.82) is 0 Å². The van der Waals surface area contributed by atoms with Gasteiger partial charge in [0.25, 0.3) is 0 Å². The number of halogens is 6. The van der Waals surface area contributed by atoms with Crippen LogP contribution >= 0.6 is 31.9 Å². The average Bonchev–Trinajstić information content (AvgIpc) is 4.00. The lowest BCUT2D eigenvalue weighted by Gasteiger charge is -2.32. The predicted octanol–water partition coefficient (Wildman–Crippen LogP) is 16.2. The van der Waals surface area contributed by atoms with E-state index in [1.165, 1.54) is 55.1 Å². The Balaban J connectivity index is 0.000000146. The van der Waals surface area contributed by atoms with Crippen LogP contribution in [0.3, 0.4) is 0 Å². The Kier molecular flexibility index (Phi) is 18.9. The lowest BCUT2D eigenvalue weighted by Crippen LogP contribution is -2.41. The number of aromatic nitrogens is 8. The number of pyridine rings is 2. The molecule has 2 fully saturated rings. The number of nitrogens with zero attached hydrogens (tertiary/aromatic N) is 8. The second kappa shape index (κ2) is 26.1. The highest BCUT2D eigenvalue weighted by atomic mass is 79.9. The standard InChI is InChI=1S/C26H16F2N4.C21H13BrFN3.C12H24B2O4.C5H3BrFN/c27-22-12-11-19(15-20(22)21-16-29-14-13-23(21)28)26-31-24(17-7-3-1-4-8-17)30-25(32-26)18-9-5-2-6-10-18;22-17-13-16(11-12-18(17)23)21-25-19(14-7-3-1-4-8-14)24-20(26-21)15-9-5-2-6-10-15;1-9(2)10(3,4)16-13(15-9)14-17-11(5,6)12(7,8)18-14;6-4-3-8-2-1-5(4)7/h1-16H;1-13H;1-8H3;1-3H. The summed E-state index contributed by atoms with van der Waals surface area (Å²) in [5, 5.41) is 0. The van der Waals surface area contributed by atoms with Crippen molar-refractivity contribution in [3.63, 3.8) is 0 Å². The van der Waals surface area contributed by atoms with Gasteiger partial charge < -0.3 is 18.6 Å². The Morgan fingerprint density at radius 1 is 0.321 bits per heavy atom. The van der Waals surface area contributed by atoms with Crippen LogP contribution in [0.5, 0.6) is 0 Å². The first kappa shape index (κ1) is 60.9. The van der Waals surface area contributed by atoms with Gasteiger partial charge in [0.05, 0.1) is 31.3 Å². The highest BCUT2D eigenvalue weighted by Crippen LogP contribution is 2.43. The summed E-state index contributed by atoms with van der Waals surface area (Å²) >= 11 is 6.18. The molecule has 0 spiro atoms. The number of benzene rings is 6. The van der Waals surface area contributed by atoms with E-state index in [4.69, 9.17) is 18.6 Å². The summed E-state index contributed by atoms with van der Waals surface area (Å²) in [6, 6.07) is 50.2. The topological polar surface area (TPSA) is 140 Å². The summed E-state index contributed by atoms with van der Waals surface area (Å²) in [5.41, 5.74) is 3.44. The Labute approximate surface area is 503 Å². The van der Waals surface area contributed by atoms with Crippen molar-refractivity contribution < 1.29 is 36.2 Å². The van der Waals surface area contributed by atoms with Crippen LogP contribution in [0.4, 0.5) is 17.6 Å². The molecule has 0 bridgehead atoms. The van der Waals surface area contributed by atoms with E-state index in [0.29, 0.717) is 49.5 Å². The lowest BCUT2D eigenvalue weighted by molar-refractivity contribution is 0.00578. The third-order valence-electron chi connectivity index (χ3n) is 14.3. The van der Waals surface area contributed by atoms with E-state index in [-0.39, 0.29) is 45.2 Å². The van der Waals surface area contributed by atoms with Gasteiger partial charge in [-0.05, 0) is 136 Å². The zero-order valence-corrected chi connectivity index (χ0v) is 50.3. The van der Waals surface area contributed by atoms with Crippen molar-refractivity contribution in [3.8, 4) is 79.5 Å². The summed E-state index contributed by atoms with van der Waals surface area (Å²) in [7, 11) is -0.952. The highest BCUT2D eigenvalue weighted by Gasteiger charge is 2.63. The third kappa shape index (κ3) is 14.4. The third-order valence-corrected chi connectivity index (χ3v) is 15.5. The first-order valence-electron chi connectivity index (χ1n) is 26.6. The molecule has 0 atom stereocenters. The number of hydrogen-bond donors (Lipinski definition) is 0. The molecule has 424 valence electrons. The van der Waals surface area contributed by atoms with E-state index in [1.54, 1.807) is 18.2 Å². The maximum atomic E-state index is 14.6. The fraction of sp³-hybridized carbons (Fsp3) is 0.188. The zero-order chi connectivity index (χ0) is 59.8. The van der Waals surface area contributed by atoms with Crippen LogP contribution in [-0.2, 0) is 18.6 Å². The van der Waals surface area contributed by atoms with Crippen LogP contribution in [0.2, 0.25) is 0 Å². The SMILES string of the molecule is CC1(C)OB(B2OC(C)(C)C(C)(C)O2)OC1(C)C.Fc1ccc(-c2nc(-c3ccccc3)nc(-c3ccccc3)n2)cc1Br.Fc1ccncc1-c1cc(-c2nc(-c3ccccc3)nc(-c3ccccc3)n2)ccc1F.Fc1ccncc1Br. The fourth-order valence-electron chi connectivity index (χ4n) is 8.31. The molecule has 20 heteroatoms. The van der Waals surface area contributed by atoms with Crippen molar-refractivity contribution in [3.05, 3.63) is 227 Å². The van der Waals surface area contributed by atoms with Gasteiger partial charge in [0.2, 0.25) is 0 Å². The molecule has 10 aromatic rings. The smallest absolute Gasteiger partial charge is 0.405 e. The average molecular weight is 1260 g/mol. The van der Waals surface area contributed by atoms with Crippen molar-refractivity contribution in [2.75, 3.05) is 0 Å². The molecule has 0 radical (unpaired) electrons. The van der Waals surface area contributed by atoms with Crippen molar-refractivity contribution in [2.45, 2.75) is 77.8 Å². The van der Waals surface area contributed by atoms with Crippen LogP contribution in [0, 0.1) is 23.3 Å². The summed E-state index contributed by atoms with van der Waals surface area (Å²) < 4.78 is 79.4. The quantitative estimate of drug-likeness (QED) is 0.106. The number of hydrogen-bond acceptors (Lipinski definition) is 12. The Morgan fingerprint density at radius 2 is 0.619 bits per heavy atom. The Hall–Kier alpha value is -7.71. The fourth-order valence-corrected chi connectivity index (χ4v) is 8.94. The largest absolute Gasteiger partial charge is 0.488 e. The molecule has 12 rings (SSSR count). The molecule has 0 unspecified atom stereocenters. The molecule has 0 saturated carbocycles. The summed E-state index contributed by atoms with van der Waals surface area (Å²) in [6.07, 6.45) is 5.44. The van der Waals surface area contributed by atoms with Crippen LogP contribution in [0.15, 0.2) is 204 Å². The monoisotopic (exact) mass is 1260 g/mol. The molecule has 84 heavy (non-hydrogen) atoms. The molecular formula is C64H56B2Br2F4N8O4. The van der Waals surface area contributed by atoms with Gasteiger partial charge in [0, 0.05) is 69.3 Å². The Bertz CT molecular complexity index is 3680. The molecule has 2 aliphatic heterocycles. The number of rotatable bonds is 8. The summed E-state index contributed by atoms with van der Waals surface area (Å²) in [6.45, 7) is 16.2. The van der Waals surface area contributed by atoms with Crippen LogP contribution in [0.25, 0.3) is 79.5 Å². The molecule has 2 saturated heterocycles. The second-order valence-electron chi connectivity index (χ2n) is 21.3. The van der Waals surface area contributed by atoms with Gasteiger partial charge in [-0.3, -0.25) is 9.97 Å². The first-order valence-corrected chi connectivity index (χ1v) is 28.2. The molecule has 4 aromatic heterocycles. The van der Waals surface area contributed by atoms with Crippen LogP contribution in [-0.4, -0.2) is 76.3 Å². The van der Waals surface area contributed by atoms with Crippen molar-refractivity contribution in [2.24, 2.45) is 0 Å². The van der Waals surface area contributed by atoms with Gasteiger partial charge in [-0.25, -0.2) is 47.5 Å². The van der Waals surface area contributed by atoms with Gasteiger partial charge in [-0.2, -0.15) is 0 Å². The minimum Gasteiger partial charge on any atom is -0.405 e. The summed E-state index contributed by atoms with van der Waals surface area (Å²) in [4.78, 5) is 35.3.